The van der Waals surface area contributed by atoms with Crippen LogP contribution >= 0.6 is 0 Å². The van der Waals surface area contributed by atoms with Crippen LogP contribution in [0.5, 0.6) is 5.75 Å². The van der Waals surface area contributed by atoms with Crippen LogP contribution < -0.4 is 15.4 Å². The van der Waals surface area contributed by atoms with Crippen molar-refractivity contribution in [3.8, 4) is 5.75 Å². The predicted octanol–water partition coefficient (Wildman–Crippen LogP) is 3.83. The quantitative estimate of drug-likeness (QED) is 0.716. The lowest BCUT2D eigenvalue weighted by Gasteiger charge is -2.28. The summed E-state index contributed by atoms with van der Waals surface area (Å²) in [5, 5.41) is 6.45. The summed E-state index contributed by atoms with van der Waals surface area (Å²) in [6.45, 7) is 7.15. The molecule has 23 heavy (non-hydrogen) atoms. The fraction of sp³-hybridized carbons (Fsp3) is 0.632. The van der Waals surface area contributed by atoms with Crippen LogP contribution in [0.15, 0.2) is 24.3 Å². The molecule has 0 spiro atoms. The summed E-state index contributed by atoms with van der Waals surface area (Å²) in [6, 6.07) is 7.69. The van der Waals surface area contributed by atoms with Gasteiger partial charge in [0.2, 0.25) is 5.91 Å². The van der Waals surface area contributed by atoms with Gasteiger partial charge in [-0.15, -0.1) is 0 Å². The van der Waals surface area contributed by atoms with E-state index in [1.165, 1.54) is 12.8 Å². The van der Waals surface area contributed by atoms with Crippen molar-refractivity contribution in [2.24, 2.45) is 11.8 Å². The summed E-state index contributed by atoms with van der Waals surface area (Å²) < 4.78 is 5.78. The summed E-state index contributed by atoms with van der Waals surface area (Å²) in [5.74, 6) is 1.84. The Balaban J connectivity index is 1.86. The van der Waals surface area contributed by atoms with Crippen LogP contribution in [0.4, 0.5) is 5.69 Å². The monoisotopic (exact) mass is 318 g/mol. The Morgan fingerprint density at radius 2 is 2.26 bits per heavy atom. The van der Waals surface area contributed by atoms with Crippen LogP contribution in [-0.4, -0.2) is 25.6 Å². The third-order valence-electron chi connectivity index (χ3n) is 4.56. The Hall–Kier alpha value is -1.55. The molecule has 0 bridgehead atoms. The van der Waals surface area contributed by atoms with Gasteiger partial charge < -0.3 is 15.4 Å². The normalized spacial score (nSPS) is 19.1. The summed E-state index contributed by atoms with van der Waals surface area (Å²) in [4.78, 5) is 12.4. The molecular weight excluding hydrogens is 288 g/mol. The topological polar surface area (TPSA) is 50.4 Å². The van der Waals surface area contributed by atoms with Gasteiger partial charge in [0, 0.05) is 6.42 Å². The zero-order valence-electron chi connectivity index (χ0n) is 14.4. The fourth-order valence-electron chi connectivity index (χ4n) is 3.05. The van der Waals surface area contributed by atoms with Crippen LogP contribution in [0.25, 0.3) is 0 Å². The Bertz CT molecular complexity index is 484. The van der Waals surface area contributed by atoms with E-state index in [1.807, 2.05) is 24.3 Å². The van der Waals surface area contributed by atoms with Crippen molar-refractivity contribution in [1.82, 2.24) is 5.32 Å². The van der Waals surface area contributed by atoms with Gasteiger partial charge >= 0.3 is 0 Å². The largest absolute Gasteiger partial charge is 0.491 e. The van der Waals surface area contributed by atoms with Crippen molar-refractivity contribution in [2.45, 2.75) is 46.0 Å². The summed E-state index contributed by atoms with van der Waals surface area (Å²) in [5.41, 5.74) is 0.780. The number of anilines is 1. The van der Waals surface area contributed by atoms with Gasteiger partial charge in [-0.25, -0.2) is 0 Å². The number of unbranched alkanes of at least 4 members (excludes halogenated alkanes) is 1. The molecule has 4 nitrogen and oxygen atoms in total. The maximum Gasteiger partial charge on any atom is 0.224 e. The lowest BCUT2D eigenvalue weighted by atomic mass is 9.85. The first-order chi connectivity index (χ1) is 11.2. The molecule has 1 saturated heterocycles. The first kappa shape index (κ1) is 17.8. The predicted molar refractivity (Wildman–Crippen MR) is 94.8 cm³/mol. The number of hydrogen-bond donors (Lipinski definition) is 2. The molecule has 0 radical (unpaired) electrons. The molecule has 1 aromatic rings. The van der Waals surface area contributed by atoms with Crippen molar-refractivity contribution in [3.63, 3.8) is 0 Å². The standard InChI is InChI=1S/C19H30N2O2/c1-3-4-12-23-18-10-6-5-9-17(18)21-19(22)13-15(2)16-8-7-11-20-14-16/h5-6,9-10,15-16,20H,3-4,7-8,11-14H2,1-2H3,(H,21,22). The van der Waals surface area contributed by atoms with Gasteiger partial charge in [-0.05, 0) is 56.3 Å². The van der Waals surface area contributed by atoms with Crippen molar-refractivity contribution in [2.75, 3.05) is 25.0 Å². The van der Waals surface area contributed by atoms with E-state index in [2.05, 4.69) is 24.5 Å². The molecule has 1 fully saturated rings. The number of ether oxygens (including phenoxy) is 1. The van der Waals surface area contributed by atoms with E-state index in [-0.39, 0.29) is 5.91 Å². The van der Waals surface area contributed by atoms with Gasteiger partial charge in [0.05, 0.1) is 12.3 Å². The van der Waals surface area contributed by atoms with E-state index >= 15 is 0 Å². The molecule has 0 saturated carbocycles. The second-order valence-corrected chi connectivity index (χ2v) is 6.53. The number of amides is 1. The number of benzene rings is 1. The Kier molecular flexibility index (Phi) is 7.40. The molecule has 1 aliphatic rings. The molecule has 1 aliphatic heterocycles. The third-order valence-corrected chi connectivity index (χ3v) is 4.56. The molecule has 2 rings (SSSR count). The highest BCUT2D eigenvalue weighted by molar-refractivity contribution is 5.92. The van der Waals surface area contributed by atoms with Crippen molar-refractivity contribution >= 4 is 11.6 Å². The highest BCUT2D eigenvalue weighted by Crippen LogP contribution is 2.26. The lowest BCUT2D eigenvalue weighted by molar-refractivity contribution is -0.117. The first-order valence-electron chi connectivity index (χ1n) is 8.93. The smallest absolute Gasteiger partial charge is 0.224 e. The molecule has 0 aromatic heterocycles. The van der Waals surface area contributed by atoms with Gasteiger partial charge in [0.15, 0.2) is 0 Å². The van der Waals surface area contributed by atoms with Crippen molar-refractivity contribution in [1.29, 1.82) is 0 Å². The molecule has 4 heteroatoms. The highest BCUT2D eigenvalue weighted by Gasteiger charge is 2.22. The lowest BCUT2D eigenvalue weighted by Crippen LogP contribution is -2.34. The number of nitrogens with one attached hydrogen (secondary N) is 2. The van der Waals surface area contributed by atoms with Gasteiger partial charge in [-0.1, -0.05) is 32.4 Å². The molecule has 2 atom stereocenters. The minimum atomic E-state index is 0.0783. The zero-order chi connectivity index (χ0) is 16.5. The molecule has 2 N–H and O–H groups in total. The first-order valence-corrected chi connectivity index (χ1v) is 8.93. The molecule has 1 amide bonds. The van der Waals surface area contributed by atoms with Gasteiger partial charge in [-0.3, -0.25) is 4.79 Å². The molecule has 128 valence electrons. The average molecular weight is 318 g/mol. The molecule has 0 aliphatic carbocycles. The molecular formula is C19H30N2O2. The number of hydrogen-bond acceptors (Lipinski definition) is 3. The van der Waals surface area contributed by atoms with Gasteiger partial charge in [-0.2, -0.15) is 0 Å². The molecule has 2 unspecified atom stereocenters. The Morgan fingerprint density at radius 3 is 3.00 bits per heavy atom. The van der Waals surface area contributed by atoms with E-state index < -0.39 is 0 Å². The maximum absolute atomic E-state index is 12.4. The van der Waals surface area contributed by atoms with E-state index in [4.69, 9.17) is 4.74 Å². The third kappa shape index (κ3) is 5.87. The highest BCUT2D eigenvalue weighted by atomic mass is 16.5. The maximum atomic E-state index is 12.4. The van der Waals surface area contributed by atoms with Crippen LogP contribution in [0.2, 0.25) is 0 Å². The second-order valence-electron chi connectivity index (χ2n) is 6.53. The average Bonchev–Trinajstić information content (AvgIpc) is 2.57. The molecule has 1 heterocycles. The second kappa shape index (κ2) is 9.56. The summed E-state index contributed by atoms with van der Waals surface area (Å²) >= 11 is 0. The number of carbonyl (C=O) groups excluding carboxylic acids is 1. The minimum absolute atomic E-state index is 0.0783. The fourth-order valence-corrected chi connectivity index (χ4v) is 3.05. The zero-order valence-corrected chi connectivity index (χ0v) is 14.4. The van der Waals surface area contributed by atoms with Crippen LogP contribution in [0.1, 0.15) is 46.0 Å². The van der Waals surface area contributed by atoms with Crippen LogP contribution in [0, 0.1) is 11.8 Å². The molecule has 1 aromatic carbocycles. The number of para-hydroxylation sites is 2. The Morgan fingerprint density at radius 1 is 1.43 bits per heavy atom. The summed E-state index contributed by atoms with van der Waals surface area (Å²) in [6.07, 6.45) is 5.12. The Labute approximate surface area is 140 Å². The number of rotatable bonds is 8. The van der Waals surface area contributed by atoms with Gasteiger partial charge in [0.25, 0.3) is 0 Å². The minimum Gasteiger partial charge on any atom is -0.491 e. The summed E-state index contributed by atoms with van der Waals surface area (Å²) in [7, 11) is 0. The van der Waals surface area contributed by atoms with E-state index in [9.17, 15) is 4.79 Å². The SMILES string of the molecule is CCCCOc1ccccc1NC(=O)CC(C)C1CCCNC1. The number of carbonyl (C=O) groups is 1. The van der Waals surface area contributed by atoms with Crippen molar-refractivity contribution < 1.29 is 9.53 Å². The number of piperidine rings is 1. The van der Waals surface area contributed by atoms with E-state index in [0.29, 0.717) is 24.9 Å². The van der Waals surface area contributed by atoms with Gasteiger partial charge in [0.1, 0.15) is 5.75 Å². The van der Waals surface area contributed by atoms with Crippen LogP contribution in [-0.2, 0) is 4.79 Å². The van der Waals surface area contributed by atoms with Crippen LogP contribution in [0.3, 0.4) is 0 Å². The van der Waals surface area contributed by atoms with Crippen molar-refractivity contribution in [3.05, 3.63) is 24.3 Å². The van der Waals surface area contributed by atoms with E-state index in [0.717, 1.165) is 37.4 Å². The van der Waals surface area contributed by atoms with E-state index in [1.54, 1.807) is 0 Å².